The predicted octanol–water partition coefficient (Wildman–Crippen LogP) is 2.37. The molecular weight excluding hydrogens is 424 g/mol. The number of ether oxygens (including phenoxy) is 1. The van der Waals surface area contributed by atoms with Crippen molar-refractivity contribution in [2.24, 2.45) is 0 Å². The van der Waals surface area contributed by atoms with Gasteiger partial charge in [-0.15, -0.1) is 10.2 Å². The van der Waals surface area contributed by atoms with Gasteiger partial charge in [0.1, 0.15) is 5.75 Å². The second-order valence-electron chi connectivity index (χ2n) is 6.27. The number of carbonyl (C=O) groups is 1. The quantitative estimate of drug-likeness (QED) is 0.199. The molecule has 4 rings (SSSR count). The second-order valence-corrected chi connectivity index (χ2v) is 7.21. The van der Waals surface area contributed by atoms with Crippen LogP contribution in [0.4, 0.5) is 5.69 Å². The number of methoxy groups -OCH3 is 1. The van der Waals surface area contributed by atoms with Gasteiger partial charge < -0.3 is 4.74 Å². The van der Waals surface area contributed by atoms with Crippen molar-refractivity contribution in [1.82, 2.24) is 24.8 Å². The zero-order valence-electron chi connectivity index (χ0n) is 16.0. The number of non-ortho nitro benzene ring substituents is 1. The molecule has 2 aromatic carbocycles. The Morgan fingerprint density at radius 1 is 1.16 bits per heavy atom. The molecule has 4 aromatic rings. The fraction of sp³-hybridized carbons (Fsp3) is 0.105. The maximum absolute atomic E-state index is 12.4. The molecule has 1 N–H and O–H groups in total. The zero-order chi connectivity index (χ0) is 22.0. The summed E-state index contributed by atoms with van der Waals surface area (Å²) in [5.74, 6) is 0.563. The van der Waals surface area contributed by atoms with E-state index in [9.17, 15) is 19.7 Å². The number of fused-ring (bicyclic) bond motifs is 1. The molecule has 2 aromatic heterocycles. The SMILES string of the molecule is COc1ccc(-c2nn3c(SCC(=O)c4ccc([N+](=O)[O-])cc4)nnc3[nH]c2=O)cc1. The second kappa shape index (κ2) is 8.36. The topological polar surface area (TPSA) is 145 Å². The molecule has 0 aliphatic carbocycles. The third-order valence-corrected chi connectivity index (χ3v) is 5.27. The molecule has 0 spiro atoms. The summed E-state index contributed by atoms with van der Waals surface area (Å²) in [6, 6.07) is 12.2. The molecule has 156 valence electrons. The van der Waals surface area contributed by atoms with E-state index in [2.05, 4.69) is 20.3 Å². The fourth-order valence-corrected chi connectivity index (χ4v) is 3.52. The number of nitrogens with one attached hydrogen (secondary N) is 1. The van der Waals surface area contributed by atoms with Crippen LogP contribution in [0.2, 0.25) is 0 Å². The van der Waals surface area contributed by atoms with Crippen LogP contribution in [0.25, 0.3) is 17.0 Å². The minimum atomic E-state index is -0.530. The van der Waals surface area contributed by atoms with Crippen LogP contribution in [0.15, 0.2) is 58.5 Å². The monoisotopic (exact) mass is 438 g/mol. The van der Waals surface area contributed by atoms with Crippen molar-refractivity contribution >= 4 is 29.0 Å². The number of hydrogen-bond acceptors (Lipinski definition) is 9. The molecule has 12 heteroatoms. The molecule has 11 nitrogen and oxygen atoms in total. The van der Waals surface area contributed by atoms with E-state index in [0.717, 1.165) is 11.8 Å². The Morgan fingerprint density at radius 2 is 1.87 bits per heavy atom. The van der Waals surface area contributed by atoms with E-state index >= 15 is 0 Å². The normalized spacial score (nSPS) is 10.9. The van der Waals surface area contributed by atoms with Crippen molar-refractivity contribution in [3.63, 3.8) is 0 Å². The lowest BCUT2D eigenvalue weighted by atomic mass is 10.1. The highest BCUT2D eigenvalue weighted by Gasteiger charge is 2.16. The summed E-state index contributed by atoms with van der Waals surface area (Å²) < 4.78 is 6.48. The summed E-state index contributed by atoms with van der Waals surface area (Å²) in [4.78, 5) is 37.6. The Morgan fingerprint density at radius 3 is 2.52 bits per heavy atom. The summed E-state index contributed by atoms with van der Waals surface area (Å²) in [6.07, 6.45) is 0. The van der Waals surface area contributed by atoms with Gasteiger partial charge in [-0.1, -0.05) is 11.8 Å². The van der Waals surface area contributed by atoms with E-state index in [-0.39, 0.29) is 28.7 Å². The van der Waals surface area contributed by atoms with Gasteiger partial charge in [-0.3, -0.25) is 24.7 Å². The van der Waals surface area contributed by atoms with E-state index in [1.54, 1.807) is 31.4 Å². The van der Waals surface area contributed by atoms with Crippen LogP contribution in [0.1, 0.15) is 10.4 Å². The van der Waals surface area contributed by atoms with E-state index in [1.807, 2.05) is 0 Å². The molecule has 0 fully saturated rings. The van der Waals surface area contributed by atoms with Gasteiger partial charge in [-0.05, 0) is 36.4 Å². The maximum atomic E-state index is 12.4. The number of rotatable bonds is 7. The van der Waals surface area contributed by atoms with Crippen LogP contribution in [0, 0.1) is 10.1 Å². The molecular formula is C19H14N6O5S. The standard InChI is InChI=1S/C19H14N6O5S/c1-30-14-8-4-12(5-9-14)16-17(27)20-18-21-22-19(24(18)23-16)31-10-15(26)11-2-6-13(7-3-11)25(28)29/h2-9H,10H2,1H3,(H,20,21,27). The summed E-state index contributed by atoms with van der Waals surface area (Å²) in [7, 11) is 1.55. The van der Waals surface area contributed by atoms with Crippen LogP contribution in [0.5, 0.6) is 5.75 Å². The van der Waals surface area contributed by atoms with Gasteiger partial charge in [0.2, 0.25) is 5.16 Å². The number of nitro groups is 1. The first-order chi connectivity index (χ1) is 15.0. The Labute approximate surface area is 178 Å². The van der Waals surface area contributed by atoms with Crippen LogP contribution >= 0.6 is 11.8 Å². The number of Topliss-reactive ketones (excluding diaryl/α,β-unsaturated/α-hetero) is 1. The van der Waals surface area contributed by atoms with Gasteiger partial charge >= 0.3 is 0 Å². The number of benzene rings is 2. The van der Waals surface area contributed by atoms with Crippen LogP contribution in [-0.4, -0.2) is 48.4 Å². The molecule has 0 amide bonds. The molecule has 0 aliphatic rings. The Hall–Kier alpha value is -4.06. The number of ketones is 1. The summed E-state index contributed by atoms with van der Waals surface area (Å²) in [5, 5.41) is 23.3. The molecule has 0 atom stereocenters. The highest BCUT2D eigenvalue weighted by atomic mass is 32.2. The lowest BCUT2D eigenvalue weighted by Gasteiger charge is -2.04. The smallest absolute Gasteiger partial charge is 0.279 e. The minimum absolute atomic E-state index is 0.0112. The van der Waals surface area contributed by atoms with Crippen molar-refractivity contribution in [1.29, 1.82) is 0 Å². The molecule has 0 aliphatic heterocycles. The first kappa shape index (κ1) is 20.2. The lowest BCUT2D eigenvalue weighted by molar-refractivity contribution is -0.384. The molecule has 0 saturated heterocycles. The number of aromatic amines is 1. The third kappa shape index (κ3) is 4.14. The van der Waals surface area contributed by atoms with Crippen LogP contribution in [0.3, 0.4) is 0 Å². The highest BCUT2D eigenvalue weighted by molar-refractivity contribution is 7.99. The number of thioether (sulfide) groups is 1. The molecule has 0 bridgehead atoms. The zero-order valence-corrected chi connectivity index (χ0v) is 16.8. The molecule has 0 saturated carbocycles. The fourth-order valence-electron chi connectivity index (χ4n) is 2.75. The summed E-state index contributed by atoms with van der Waals surface area (Å²) in [5.41, 5.74) is 0.566. The number of H-pyrrole nitrogens is 1. The number of nitro benzene ring substituents is 1. The minimum Gasteiger partial charge on any atom is -0.497 e. The number of aromatic nitrogens is 5. The molecule has 0 radical (unpaired) electrons. The van der Waals surface area contributed by atoms with E-state index in [4.69, 9.17) is 4.74 Å². The van der Waals surface area contributed by atoms with Gasteiger partial charge in [0, 0.05) is 23.3 Å². The van der Waals surface area contributed by atoms with Gasteiger partial charge in [0.15, 0.2) is 11.5 Å². The predicted molar refractivity (Wildman–Crippen MR) is 112 cm³/mol. The van der Waals surface area contributed by atoms with Gasteiger partial charge in [-0.2, -0.15) is 9.61 Å². The van der Waals surface area contributed by atoms with Gasteiger partial charge in [0.25, 0.3) is 17.0 Å². The van der Waals surface area contributed by atoms with Gasteiger partial charge in [-0.25, -0.2) is 0 Å². The van der Waals surface area contributed by atoms with E-state index < -0.39 is 10.5 Å². The lowest BCUT2D eigenvalue weighted by Crippen LogP contribution is -2.15. The average molecular weight is 438 g/mol. The molecule has 2 heterocycles. The Bertz CT molecular complexity index is 1330. The van der Waals surface area contributed by atoms with Crippen molar-refractivity contribution in [2.75, 3.05) is 12.9 Å². The van der Waals surface area contributed by atoms with E-state index in [0.29, 0.717) is 22.0 Å². The average Bonchev–Trinajstić information content (AvgIpc) is 3.18. The Kier molecular flexibility index (Phi) is 5.45. The largest absolute Gasteiger partial charge is 0.497 e. The van der Waals surface area contributed by atoms with Crippen molar-refractivity contribution in [3.8, 4) is 17.0 Å². The van der Waals surface area contributed by atoms with E-state index in [1.165, 1.54) is 28.8 Å². The van der Waals surface area contributed by atoms with Crippen LogP contribution < -0.4 is 10.3 Å². The number of hydrogen-bond donors (Lipinski definition) is 1. The first-order valence-electron chi connectivity index (χ1n) is 8.87. The number of carbonyl (C=O) groups excluding carboxylic acids is 1. The van der Waals surface area contributed by atoms with Gasteiger partial charge in [0.05, 0.1) is 17.8 Å². The first-order valence-corrected chi connectivity index (χ1v) is 9.85. The van der Waals surface area contributed by atoms with Crippen molar-refractivity contribution in [3.05, 3.63) is 74.6 Å². The maximum Gasteiger partial charge on any atom is 0.279 e. The van der Waals surface area contributed by atoms with Crippen LogP contribution in [-0.2, 0) is 0 Å². The van der Waals surface area contributed by atoms with Crippen molar-refractivity contribution in [2.45, 2.75) is 5.16 Å². The third-order valence-electron chi connectivity index (χ3n) is 4.35. The highest BCUT2D eigenvalue weighted by Crippen LogP contribution is 2.21. The Balaban J connectivity index is 1.57. The molecule has 31 heavy (non-hydrogen) atoms. The molecule has 0 unspecified atom stereocenters. The summed E-state index contributed by atoms with van der Waals surface area (Å²) >= 11 is 1.09. The van der Waals surface area contributed by atoms with Crippen molar-refractivity contribution < 1.29 is 14.5 Å². The summed E-state index contributed by atoms with van der Waals surface area (Å²) in [6.45, 7) is 0. The number of nitrogens with zero attached hydrogens (tertiary/aromatic N) is 5.